The van der Waals surface area contributed by atoms with Crippen LogP contribution in [0, 0.1) is 0 Å². The largest absolute Gasteiger partial charge is 0.447 e. The van der Waals surface area contributed by atoms with Crippen LogP contribution in [0.5, 0.6) is 0 Å². The molecule has 1 amide bonds. The maximum atomic E-state index is 10.7. The number of carbonyl (C=O) groups excluding carboxylic acids is 1. The lowest BCUT2D eigenvalue weighted by molar-refractivity contribution is -0.0220. The molecule has 1 unspecified atom stereocenters. The molecule has 0 radical (unpaired) electrons. The van der Waals surface area contributed by atoms with E-state index in [2.05, 4.69) is 5.32 Å². The average molecular weight is 173 g/mol. The van der Waals surface area contributed by atoms with Gasteiger partial charge in [-0.3, -0.25) is 0 Å². The van der Waals surface area contributed by atoms with Gasteiger partial charge in [0, 0.05) is 13.7 Å². The van der Waals surface area contributed by atoms with E-state index in [4.69, 9.17) is 9.47 Å². The topological polar surface area (TPSA) is 47.6 Å². The number of ether oxygens (including phenoxy) is 2. The molecule has 12 heavy (non-hydrogen) atoms. The molecule has 0 spiro atoms. The van der Waals surface area contributed by atoms with Crippen molar-refractivity contribution in [1.29, 1.82) is 0 Å². The van der Waals surface area contributed by atoms with Crippen molar-refractivity contribution < 1.29 is 14.3 Å². The minimum absolute atomic E-state index is 0.107. The highest BCUT2D eigenvalue weighted by atomic mass is 16.6. The molecule has 1 atom stereocenters. The number of nitrogens with one attached hydrogen (secondary N) is 1. The van der Waals surface area contributed by atoms with Crippen molar-refractivity contribution in [2.75, 3.05) is 20.3 Å². The molecule has 0 aromatic heterocycles. The Hall–Kier alpha value is -0.770. The van der Waals surface area contributed by atoms with Crippen LogP contribution in [0.4, 0.5) is 4.79 Å². The Morgan fingerprint density at radius 2 is 2.50 bits per heavy atom. The lowest BCUT2D eigenvalue weighted by atomic mass is 10.1. The van der Waals surface area contributed by atoms with Crippen LogP contribution in [-0.2, 0) is 9.47 Å². The number of hydrogen-bond donors (Lipinski definition) is 1. The molecule has 1 rings (SSSR count). The Bertz CT molecular complexity index is 143. The predicted molar refractivity (Wildman–Crippen MR) is 44.0 cm³/mol. The van der Waals surface area contributed by atoms with Crippen LogP contribution < -0.4 is 5.32 Å². The van der Waals surface area contributed by atoms with Gasteiger partial charge in [-0.15, -0.1) is 0 Å². The van der Waals surface area contributed by atoms with E-state index in [9.17, 15) is 4.79 Å². The van der Waals surface area contributed by atoms with E-state index in [1.165, 1.54) is 6.42 Å². The monoisotopic (exact) mass is 173 g/mol. The molecule has 1 heterocycles. The van der Waals surface area contributed by atoms with Gasteiger partial charge in [-0.1, -0.05) is 0 Å². The molecular weight excluding hydrogens is 158 g/mol. The molecule has 0 aliphatic carbocycles. The lowest BCUT2D eigenvalue weighted by Crippen LogP contribution is -2.29. The molecule has 1 saturated heterocycles. The summed E-state index contributed by atoms with van der Waals surface area (Å²) in [6, 6.07) is 0. The third kappa shape index (κ3) is 3.09. The van der Waals surface area contributed by atoms with Crippen LogP contribution in [0.15, 0.2) is 0 Å². The zero-order valence-corrected chi connectivity index (χ0v) is 7.34. The van der Waals surface area contributed by atoms with Gasteiger partial charge in [0.05, 0.1) is 6.10 Å². The fourth-order valence-electron chi connectivity index (χ4n) is 1.18. The van der Waals surface area contributed by atoms with E-state index in [0.29, 0.717) is 6.61 Å². The van der Waals surface area contributed by atoms with E-state index in [-0.39, 0.29) is 12.2 Å². The lowest BCUT2D eigenvalue weighted by Gasteiger charge is -2.21. The summed E-state index contributed by atoms with van der Waals surface area (Å²) < 4.78 is 10.2. The normalized spacial score (nSPS) is 23.2. The first kappa shape index (κ1) is 9.32. The number of amides is 1. The van der Waals surface area contributed by atoms with Crippen LogP contribution in [0.25, 0.3) is 0 Å². The first-order chi connectivity index (χ1) is 5.83. The zero-order chi connectivity index (χ0) is 8.81. The molecule has 0 aromatic rings. The molecule has 0 saturated carbocycles. The molecule has 1 aliphatic rings. The predicted octanol–water partition coefficient (Wildman–Crippen LogP) is 0.911. The maximum absolute atomic E-state index is 10.7. The van der Waals surface area contributed by atoms with E-state index in [1.54, 1.807) is 7.05 Å². The number of alkyl carbamates (subject to hydrolysis) is 1. The summed E-state index contributed by atoms with van der Waals surface area (Å²) in [6.07, 6.45) is 3.01. The zero-order valence-electron chi connectivity index (χ0n) is 7.34. The van der Waals surface area contributed by atoms with Gasteiger partial charge in [0.15, 0.2) is 0 Å². The van der Waals surface area contributed by atoms with Gasteiger partial charge in [-0.05, 0) is 19.3 Å². The summed E-state index contributed by atoms with van der Waals surface area (Å²) in [7, 11) is 1.55. The first-order valence-corrected chi connectivity index (χ1v) is 4.29. The van der Waals surface area contributed by atoms with Gasteiger partial charge in [-0.2, -0.15) is 0 Å². The maximum Gasteiger partial charge on any atom is 0.406 e. The molecule has 0 aromatic carbocycles. The standard InChI is InChI=1S/C8H15NO3/c1-9-8(10)12-6-7-4-2-3-5-11-7/h7H,2-6H2,1H3,(H,9,10). The van der Waals surface area contributed by atoms with Crippen LogP contribution >= 0.6 is 0 Å². The molecule has 1 aliphatic heterocycles. The van der Waals surface area contributed by atoms with Crippen molar-refractivity contribution in [3.05, 3.63) is 0 Å². The molecule has 0 bridgehead atoms. The summed E-state index contributed by atoms with van der Waals surface area (Å²) in [5, 5.41) is 2.39. The van der Waals surface area contributed by atoms with Crippen molar-refractivity contribution in [2.45, 2.75) is 25.4 Å². The van der Waals surface area contributed by atoms with Crippen molar-refractivity contribution in [1.82, 2.24) is 5.32 Å². The van der Waals surface area contributed by atoms with Crippen molar-refractivity contribution in [2.24, 2.45) is 0 Å². The summed E-state index contributed by atoms with van der Waals surface area (Å²) in [4.78, 5) is 10.7. The summed E-state index contributed by atoms with van der Waals surface area (Å²) in [5.41, 5.74) is 0. The Labute approximate surface area is 72.2 Å². The number of rotatable bonds is 2. The van der Waals surface area contributed by atoms with Crippen LogP contribution in [0.1, 0.15) is 19.3 Å². The number of carbonyl (C=O) groups is 1. The average Bonchev–Trinajstić information content (AvgIpc) is 2.16. The van der Waals surface area contributed by atoms with Gasteiger partial charge in [-0.25, -0.2) is 4.79 Å². The highest BCUT2D eigenvalue weighted by Crippen LogP contribution is 2.12. The van der Waals surface area contributed by atoms with Gasteiger partial charge in [0.2, 0.25) is 0 Å². The second-order valence-corrected chi connectivity index (χ2v) is 2.84. The fraction of sp³-hybridized carbons (Fsp3) is 0.875. The Balaban J connectivity index is 2.09. The highest BCUT2D eigenvalue weighted by Gasteiger charge is 2.15. The second-order valence-electron chi connectivity index (χ2n) is 2.84. The SMILES string of the molecule is CNC(=O)OCC1CCCCO1. The highest BCUT2D eigenvalue weighted by molar-refractivity contribution is 5.66. The van der Waals surface area contributed by atoms with E-state index in [1.807, 2.05) is 0 Å². The minimum atomic E-state index is -0.385. The minimum Gasteiger partial charge on any atom is -0.447 e. The quantitative estimate of drug-likeness (QED) is 0.675. The Morgan fingerprint density at radius 1 is 1.67 bits per heavy atom. The van der Waals surface area contributed by atoms with Crippen molar-refractivity contribution in [3.8, 4) is 0 Å². The van der Waals surface area contributed by atoms with Gasteiger partial charge >= 0.3 is 6.09 Å². The molecule has 1 N–H and O–H groups in total. The second kappa shape index (κ2) is 4.98. The Kier molecular flexibility index (Phi) is 3.87. The van der Waals surface area contributed by atoms with Gasteiger partial charge in [0.1, 0.15) is 6.61 Å². The van der Waals surface area contributed by atoms with Crippen LogP contribution in [0.2, 0.25) is 0 Å². The molecule has 4 heteroatoms. The third-order valence-corrected chi connectivity index (χ3v) is 1.88. The van der Waals surface area contributed by atoms with E-state index in [0.717, 1.165) is 19.4 Å². The smallest absolute Gasteiger partial charge is 0.406 e. The van der Waals surface area contributed by atoms with Gasteiger partial charge in [0.25, 0.3) is 0 Å². The molecule has 70 valence electrons. The van der Waals surface area contributed by atoms with Crippen LogP contribution in [0.3, 0.4) is 0 Å². The first-order valence-electron chi connectivity index (χ1n) is 4.29. The molecular formula is C8H15NO3. The fourth-order valence-corrected chi connectivity index (χ4v) is 1.18. The van der Waals surface area contributed by atoms with Crippen molar-refractivity contribution >= 4 is 6.09 Å². The summed E-state index contributed by atoms with van der Waals surface area (Å²) in [6.45, 7) is 1.17. The Morgan fingerprint density at radius 3 is 3.08 bits per heavy atom. The summed E-state index contributed by atoms with van der Waals surface area (Å²) in [5.74, 6) is 0. The molecule has 1 fully saturated rings. The molecule has 4 nitrogen and oxygen atoms in total. The summed E-state index contributed by atoms with van der Waals surface area (Å²) >= 11 is 0. The number of hydrogen-bond acceptors (Lipinski definition) is 3. The van der Waals surface area contributed by atoms with Crippen LogP contribution in [-0.4, -0.2) is 32.5 Å². The van der Waals surface area contributed by atoms with Crippen molar-refractivity contribution in [3.63, 3.8) is 0 Å². The van der Waals surface area contributed by atoms with E-state index < -0.39 is 0 Å². The third-order valence-electron chi connectivity index (χ3n) is 1.88. The van der Waals surface area contributed by atoms with E-state index >= 15 is 0 Å². The van der Waals surface area contributed by atoms with Gasteiger partial charge < -0.3 is 14.8 Å².